The highest BCUT2D eigenvalue weighted by atomic mass is 32.1. The van der Waals surface area contributed by atoms with Gasteiger partial charge < -0.3 is 10.6 Å². The van der Waals surface area contributed by atoms with E-state index >= 15 is 0 Å². The highest BCUT2D eigenvalue weighted by Gasteiger charge is 2.12. The average Bonchev–Trinajstić information content (AvgIpc) is 3.24. The van der Waals surface area contributed by atoms with Crippen LogP contribution >= 0.6 is 11.3 Å². The van der Waals surface area contributed by atoms with Crippen LogP contribution in [0, 0.1) is 6.92 Å². The third kappa shape index (κ3) is 6.05. The van der Waals surface area contributed by atoms with Crippen LogP contribution in [0.15, 0.2) is 60.1 Å². The van der Waals surface area contributed by atoms with Crippen molar-refractivity contribution in [2.24, 2.45) is 0 Å². The predicted octanol–water partition coefficient (Wildman–Crippen LogP) is 6.16. The third-order valence-corrected chi connectivity index (χ3v) is 5.96. The fourth-order valence-electron chi connectivity index (χ4n) is 3.62. The summed E-state index contributed by atoms with van der Waals surface area (Å²) in [7, 11) is 0. The largest absolute Gasteiger partial charge is 0.363 e. The second-order valence-corrected chi connectivity index (χ2v) is 10.2. The van der Waals surface area contributed by atoms with Crippen molar-refractivity contribution in [2.75, 3.05) is 5.32 Å². The summed E-state index contributed by atoms with van der Waals surface area (Å²) >= 11 is 1.62. The molecule has 2 aromatic carbocycles. The Morgan fingerprint density at radius 3 is 2.71 bits per heavy atom. The molecule has 1 amide bonds. The van der Waals surface area contributed by atoms with Crippen molar-refractivity contribution >= 4 is 39.4 Å². The summed E-state index contributed by atoms with van der Waals surface area (Å²) in [4.78, 5) is 25.7. The van der Waals surface area contributed by atoms with Crippen LogP contribution in [0.3, 0.4) is 0 Å². The van der Waals surface area contributed by atoms with E-state index in [-0.39, 0.29) is 17.5 Å². The van der Waals surface area contributed by atoms with Crippen LogP contribution in [-0.4, -0.2) is 26.4 Å². The number of nitrogens with one attached hydrogen (secondary N) is 2. The van der Waals surface area contributed by atoms with E-state index in [9.17, 15) is 4.79 Å². The molecule has 1 unspecified atom stereocenters. The Balaban J connectivity index is 1.51. The van der Waals surface area contributed by atoms with Gasteiger partial charge in [0.1, 0.15) is 11.6 Å². The van der Waals surface area contributed by atoms with Gasteiger partial charge >= 0.3 is 0 Å². The molecule has 2 heterocycles. The van der Waals surface area contributed by atoms with Gasteiger partial charge in [0, 0.05) is 29.3 Å². The van der Waals surface area contributed by atoms with Gasteiger partial charge in [-0.3, -0.25) is 4.79 Å². The minimum Gasteiger partial charge on any atom is -0.363 e. The minimum atomic E-state index is -0.261. The van der Waals surface area contributed by atoms with Gasteiger partial charge in [-0.15, -0.1) is 11.3 Å². The number of hydrogen-bond acceptors (Lipinski definition) is 6. The number of rotatable bonds is 6. The summed E-state index contributed by atoms with van der Waals surface area (Å²) in [6.07, 6.45) is 3.41. The van der Waals surface area contributed by atoms with Crippen molar-refractivity contribution in [3.05, 3.63) is 77.1 Å². The normalized spacial score (nSPS) is 12.7. The monoisotopic (exact) mass is 471 g/mol. The predicted molar refractivity (Wildman–Crippen MR) is 141 cm³/mol. The molecule has 4 rings (SSSR count). The van der Waals surface area contributed by atoms with Crippen LogP contribution in [-0.2, 0) is 4.79 Å². The summed E-state index contributed by atoms with van der Waals surface area (Å²) in [6, 6.07) is 16.3. The lowest BCUT2D eigenvalue weighted by molar-refractivity contribution is -0.117. The Morgan fingerprint density at radius 2 is 1.91 bits per heavy atom. The number of hydrogen-bond donors (Lipinski definition) is 2. The molecule has 0 aliphatic heterocycles. The maximum Gasteiger partial charge on any atom is 0.244 e. The van der Waals surface area contributed by atoms with Crippen molar-refractivity contribution < 1.29 is 4.79 Å². The second kappa shape index (κ2) is 9.73. The molecule has 0 radical (unpaired) electrons. The van der Waals surface area contributed by atoms with E-state index in [1.54, 1.807) is 17.4 Å². The molecule has 0 bridgehead atoms. The quantitative estimate of drug-likeness (QED) is 0.329. The Labute approximate surface area is 204 Å². The Bertz CT molecular complexity index is 1350. The van der Waals surface area contributed by atoms with Crippen molar-refractivity contribution in [2.45, 2.75) is 46.2 Å². The summed E-state index contributed by atoms with van der Waals surface area (Å²) in [5.41, 5.74) is 6.57. The first-order valence-corrected chi connectivity index (χ1v) is 12.1. The maximum absolute atomic E-state index is 12.1. The van der Waals surface area contributed by atoms with Crippen LogP contribution in [0.25, 0.3) is 27.6 Å². The number of anilines is 1. The Kier molecular flexibility index (Phi) is 6.75. The van der Waals surface area contributed by atoms with Crippen LogP contribution in [0.1, 0.15) is 50.7 Å². The molecule has 1 atom stereocenters. The van der Waals surface area contributed by atoms with Crippen molar-refractivity contribution in [3.8, 4) is 11.3 Å². The first-order valence-electron chi connectivity index (χ1n) is 11.2. The molecule has 7 heteroatoms. The van der Waals surface area contributed by atoms with Crippen LogP contribution in [0.2, 0.25) is 0 Å². The number of carbonyl (C=O) groups excluding carboxylic acids is 1. The Morgan fingerprint density at radius 1 is 1.09 bits per heavy atom. The second-order valence-electron chi connectivity index (χ2n) is 9.33. The van der Waals surface area contributed by atoms with E-state index in [2.05, 4.69) is 50.7 Å². The summed E-state index contributed by atoms with van der Waals surface area (Å²) in [5, 5.41) is 6.44. The van der Waals surface area contributed by atoms with E-state index in [1.807, 2.05) is 69.6 Å². The lowest BCUT2D eigenvalue weighted by atomic mass is 10.0. The van der Waals surface area contributed by atoms with Gasteiger partial charge in [-0.1, -0.05) is 24.3 Å². The van der Waals surface area contributed by atoms with Gasteiger partial charge in [0.2, 0.25) is 5.91 Å². The molecule has 4 aromatic rings. The van der Waals surface area contributed by atoms with Crippen LogP contribution in [0.5, 0.6) is 0 Å². The number of benzene rings is 2. The fraction of sp³-hybridized carbons (Fsp3) is 0.259. The number of thiazole rings is 1. The van der Waals surface area contributed by atoms with Crippen molar-refractivity contribution in [1.82, 2.24) is 20.3 Å². The molecule has 2 N–H and O–H groups in total. The molecule has 0 spiro atoms. The van der Waals surface area contributed by atoms with Crippen molar-refractivity contribution in [1.29, 1.82) is 0 Å². The van der Waals surface area contributed by atoms with Gasteiger partial charge in [0.25, 0.3) is 0 Å². The maximum atomic E-state index is 12.1. The SMILES string of the molecule is Cc1nc(NC(C)c2cccc(C=CC(=O)NC(C)(C)C)c2)cc(-c2ccc3ncsc3c2)n1. The standard InChI is InChI=1S/C27H29N5OS/c1-17(20-8-6-7-19(13-20)9-12-26(33)32-27(3,4)5)29-25-15-23(30-18(2)31-25)21-10-11-22-24(14-21)34-16-28-22/h6-17H,1-5H3,(H,32,33)(H,29,30,31). The molecule has 0 aliphatic carbocycles. The molecule has 174 valence electrons. The molecule has 6 nitrogen and oxygen atoms in total. The molecular weight excluding hydrogens is 442 g/mol. The number of aryl methyl sites for hydroxylation is 1. The first-order chi connectivity index (χ1) is 16.2. The minimum absolute atomic E-state index is 0.0166. The summed E-state index contributed by atoms with van der Waals surface area (Å²) in [6.45, 7) is 9.88. The molecule has 2 aromatic heterocycles. The molecule has 0 aliphatic rings. The zero-order valence-electron chi connectivity index (χ0n) is 20.1. The fourth-order valence-corrected chi connectivity index (χ4v) is 4.34. The number of amides is 1. The highest BCUT2D eigenvalue weighted by Crippen LogP contribution is 2.27. The topological polar surface area (TPSA) is 79.8 Å². The van der Waals surface area contributed by atoms with E-state index in [0.29, 0.717) is 5.82 Å². The van der Waals surface area contributed by atoms with Gasteiger partial charge in [-0.05, 0) is 70.0 Å². The summed E-state index contributed by atoms with van der Waals surface area (Å²) < 4.78 is 1.14. The zero-order valence-corrected chi connectivity index (χ0v) is 20.9. The van der Waals surface area contributed by atoms with E-state index in [1.165, 1.54) is 0 Å². The van der Waals surface area contributed by atoms with Crippen molar-refractivity contribution in [3.63, 3.8) is 0 Å². The molecule has 34 heavy (non-hydrogen) atoms. The zero-order chi connectivity index (χ0) is 24.3. The number of carbonyl (C=O) groups is 1. The van der Waals surface area contributed by atoms with E-state index in [4.69, 9.17) is 0 Å². The van der Waals surface area contributed by atoms with E-state index < -0.39 is 0 Å². The number of aromatic nitrogens is 3. The van der Waals surface area contributed by atoms with Gasteiger partial charge in [0.15, 0.2) is 0 Å². The lowest BCUT2D eigenvalue weighted by Crippen LogP contribution is -2.39. The van der Waals surface area contributed by atoms with Crippen LogP contribution in [0.4, 0.5) is 5.82 Å². The first kappa shape index (κ1) is 23.6. The van der Waals surface area contributed by atoms with Gasteiger partial charge in [0.05, 0.1) is 21.4 Å². The number of fused-ring (bicyclic) bond motifs is 1. The molecule has 0 saturated carbocycles. The van der Waals surface area contributed by atoms with E-state index in [0.717, 1.165) is 38.4 Å². The van der Waals surface area contributed by atoms with Gasteiger partial charge in [-0.2, -0.15) is 0 Å². The number of nitrogens with zero attached hydrogens (tertiary/aromatic N) is 3. The third-order valence-electron chi connectivity index (χ3n) is 5.17. The Hall–Kier alpha value is -3.58. The lowest BCUT2D eigenvalue weighted by Gasteiger charge is -2.19. The highest BCUT2D eigenvalue weighted by molar-refractivity contribution is 7.16. The average molecular weight is 472 g/mol. The van der Waals surface area contributed by atoms with Crippen LogP contribution < -0.4 is 10.6 Å². The molecular formula is C27H29N5OS. The molecule has 0 fully saturated rings. The summed E-state index contributed by atoms with van der Waals surface area (Å²) in [5.74, 6) is 1.37. The van der Waals surface area contributed by atoms with Gasteiger partial charge in [-0.25, -0.2) is 15.0 Å². The smallest absolute Gasteiger partial charge is 0.244 e. The molecule has 0 saturated heterocycles.